The van der Waals surface area contributed by atoms with Crippen LogP contribution >= 0.6 is 0 Å². The van der Waals surface area contributed by atoms with Crippen molar-refractivity contribution < 1.29 is 38.2 Å². The van der Waals surface area contributed by atoms with Crippen LogP contribution in [0.4, 0.5) is 0 Å². The number of carbonyl (C=O) groups is 3. The maximum atomic E-state index is 11.4. The molecule has 1 aliphatic rings. The van der Waals surface area contributed by atoms with Gasteiger partial charge in [0.05, 0.1) is 33.0 Å². The van der Waals surface area contributed by atoms with Crippen LogP contribution in [-0.2, 0) is 38.2 Å². The van der Waals surface area contributed by atoms with E-state index < -0.39 is 17.8 Å². The van der Waals surface area contributed by atoms with Crippen LogP contribution in [0.1, 0.15) is 12.8 Å². The Morgan fingerprint density at radius 1 is 1.00 bits per heavy atom. The van der Waals surface area contributed by atoms with E-state index in [0.29, 0.717) is 31.4 Å². The first-order valence-corrected chi connectivity index (χ1v) is 7.05. The summed E-state index contributed by atoms with van der Waals surface area (Å²) in [5.74, 6) is -1.89. The van der Waals surface area contributed by atoms with Crippen LogP contribution in [0.5, 0.6) is 0 Å². The van der Waals surface area contributed by atoms with Gasteiger partial charge in [0.1, 0.15) is 6.61 Å². The number of carbonyl (C=O) groups excluding carboxylic acids is 4. The molecule has 0 saturated carbocycles. The molecule has 1 fully saturated rings. The number of amides is 3. The molecular weight excluding hydrogens is 569 g/mol. The van der Waals surface area contributed by atoms with Gasteiger partial charge in [-0.15, -0.1) is 5.06 Å². The predicted octanol–water partition coefficient (Wildman–Crippen LogP) is -1.70. The minimum Gasteiger partial charge on any atom is -0.528 e. The van der Waals surface area contributed by atoms with Crippen LogP contribution in [0.2, 0.25) is 0 Å². The summed E-state index contributed by atoms with van der Waals surface area (Å²) >= 11 is 0. The van der Waals surface area contributed by atoms with E-state index in [2.05, 4.69) is 10.2 Å². The number of ether oxygens (including phenoxy) is 3. The van der Waals surface area contributed by atoms with Gasteiger partial charge >= 0.3 is 5.97 Å². The minimum atomic E-state index is -0.823. The fourth-order valence-corrected chi connectivity index (χ4v) is 1.56. The van der Waals surface area contributed by atoms with Crippen LogP contribution < -0.4 is 5.32 Å². The summed E-state index contributed by atoms with van der Waals surface area (Å²) in [4.78, 5) is 48.2. The molecule has 1 heterocycles. The molecule has 0 aromatic rings. The number of nitrogens with one attached hydrogen (secondary N) is 1. The number of hydroxylamine groups is 2. The average Bonchev–Trinajstić information content (AvgIpc) is 2.84. The molecule has 1 aliphatic heterocycles. The van der Waals surface area contributed by atoms with E-state index in [9.17, 15) is 19.2 Å². The van der Waals surface area contributed by atoms with Crippen LogP contribution in [-0.4, -0.2) is 75.4 Å². The van der Waals surface area contributed by atoms with Crippen molar-refractivity contribution in [3.63, 3.8) is 0 Å². The molecule has 0 aromatic heterocycles. The van der Waals surface area contributed by atoms with Crippen LogP contribution in [0.3, 0.4) is 0 Å². The van der Waals surface area contributed by atoms with E-state index in [1.54, 1.807) is 0 Å². The summed E-state index contributed by atoms with van der Waals surface area (Å²) in [5, 5.41) is 2.80. The molecule has 3 amide bonds. The average molecular weight is 588 g/mol. The van der Waals surface area contributed by atoms with Gasteiger partial charge in [0.15, 0.2) is 0 Å². The zero-order valence-corrected chi connectivity index (χ0v) is 15.3. The van der Waals surface area contributed by atoms with E-state index in [1.807, 2.05) is 0 Å². The van der Waals surface area contributed by atoms with Crippen molar-refractivity contribution in [3.05, 3.63) is 0 Å². The van der Waals surface area contributed by atoms with Crippen molar-refractivity contribution in [1.29, 1.82) is 0 Å². The molecule has 0 spiro atoms. The molecule has 0 atom stereocenters. The van der Waals surface area contributed by atoms with Gasteiger partial charge in [0.2, 0.25) is 0 Å². The summed E-state index contributed by atoms with van der Waals surface area (Å²) < 4.78 is 15.3. The van der Waals surface area contributed by atoms with E-state index in [4.69, 9.17) is 14.2 Å². The standard InChI is InChI=1S/C13H19N2O8.Fm/c16-10-14-3-4-20-5-6-21-7-8-22-9-13(19)23-15-11(17)1-2-12(15)18;/h1-9H2,(H,14,16);/q-1;. The minimum absolute atomic E-state index is 0. The van der Waals surface area contributed by atoms with Gasteiger partial charge in [-0.1, -0.05) is 0 Å². The van der Waals surface area contributed by atoms with Gasteiger partial charge in [0.25, 0.3) is 11.8 Å². The van der Waals surface area contributed by atoms with Crippen LogP contribution in [0, 0.1) is 0 Å². The zero-order valence-electron chi connectivity index (χ0n) is 12.9. The monoisotopic (exact) mass is 588 g/mol. The Bertz CT molecular complexity index is 405. The summed E-state index contributed by atoms with van der Waals surface area (Å²) in [6.07, 6.45) is 1.62. The van der Waals surface area contributed by atoms with Gasteiger partial charge in [-0.05, 0) is 0 Å². The normalized spacial score (nSPS) is 13.6. The maximum Gasteiger partial charge on any atom is 0.358 e. The third-order valence-electron chi connectivity index (χ3n) is 2.61. The van der Waals surface area contributed by atoms with Crippen molar-refractivity contribution in [3.8, 4) is 0 Å². The topological polar surface area (TPSA) is 120 Å². The van der Waals surface area contributed by atoms with Crippen molar-refractivity contribution in [2.24, 2.45) is 0 Å². The Kier molecular flexibility index (Phi) is 10.9. The fourth-order valence-electron chi connectivity index (χ4n) is 1.56. The Labute approximate surface area is 132 Å². The summed E-state index contributed by atoms with van der Waals surface area (Å²) in [5.41, 5.74) is 0. The third-order valence-corrected chi connectivity index (χ3v) is 2.61. The molecule has 142 valence electrons. The molecule has 0 aromatic carbocycles. The summed E-state index contributed by atoms with van der Waals surface area (Å²) in [7, 11) is 0. The fraction of sp³-hybridized carbons (Fsp3) is 0.692. The molecule has 1 N–H and O–H groups in total. The summed E-state index contributed by atoms with van der Waals surface area (Å²) in [6, 6.07) is 0. The van der Waals surface area contributed by atoms with E-state index >= 15 is 0 Å². The number of nitrogens with zero attached hydrogens (tertiary/aromatic N) is 1. The number of hydrogen-bond acceptors (Lipinski definition) is 8. The van der Waals surface area contributed by atoms with E-state index in [1.165, 1.54) is 6.41 Å². The SMILES string of the molecule is O=[C-]NCCOCCOCCOCC(=O)ON1C(=O)CCC1=O.[Fm]. The number of hydrogen-bond donors (Lipinski definition) is 1. The van der Waals surface area contributed by atoms with Crippen LogP contribution in [0.15, 0.2) is 0 Å². The van der Waals surface area contributed by atoms with Crippen molar-refractivity contribution in [1.82, 2.24) is 10.4 Å². The van der Waals surface area contributed by atoms with Crippen molar-refractivity contribution >= 4 is 24.2 Å². The first-order chi connectivity index (χ1) is 11.1. The second kappa shape index (κ2) is 12.5. The zero-order chi connectivity index (χ0) is 16.9. The Hall–Kier alpha value is -3.04. The number of imide groups is 1. The molecule has 0 bridgehead atoms. The van der Waals surface area contributed by atoms with Crippen molar-refractivity contribution in [2.75, 3.05) is 46.2 Å². The predicted molar refractivity (Wildman–Crippen MR) is 73.3 cm³/mol. The largest absolute Gasteiger partial charge is 0.528 e. The van der Waals surface area contributed by atoms with Gasteiger partial charge in [-0.25, -0.2) is 4.79 Å². The van der Waals surface area contributed by atoms with E-state index in [0.717, 1.165) is 0 Å². The van der Waals surface area contributed by atoms with E-state index in [-0.39, 0.29) is 32.7 Å². The molecular formula is C13H19FmN2O8-. The second-order valence-corrected chi connectivity index (χ2v) is 4.35. The molecule has 10 nitrogen and oxygen atoms in total. The first-order valence-electron chi connectivity index (χ1n) is 7.05. The third kappa shape index (κ3) is 8.41. The van der Waals surface area contributed by atoms with Gasteiger partial charge < -0.3 is 29.2 Å². The molecule has 1 saturated heterocycles. The van der Waals surface area contributed by atoms with Crippen molar-refractivity contribution in [2.45, 2.75) is 12.8 Å². The Morgan fingerprint density at radius 2 is 1.54 bits per heavy atom. The van der Waals surface area contributed by atoms with Gasteiger partial charge in [-0.3, -0.25) is 9.59 Å². The van der Waals surface area contributed by atoms with Gasteiger partial charge in [0, 0.05) is 19.4 Å². The molecule has 11 heteroatoms. The second-order valence-electron chi connectivity index (χ2n) is 4.35. The molecule has 0 radical (unpaired) electrons. The smallest absolute Gasteiger partial charge is 0.358 e. The first kappa shape index (κ1) is 21.0. The molecule has 0 aliphatic carbocycles. The maximum absolute atomic E-state index is 11.4. The molecule has 0 unspecified atom stereocenters. The number of rotatable bonds is 13. The Morgan fingerprint density at radius 3 is 2.12 bits per heavy atom. The molecule has 24 heavy (non-hydrogen) atoms. The van der Waals surface area contributed by atoms with Gasteiger partial charge in [-0.2, -0.15) is 6.41 Å². The van der Waals surface area contributed by atoms with Crippen LogP contribution in [0.25, 0.3) is 0 Å². The Balaban J connectivity index is 0.00000529. The molecule has 1 rings (SSSR count). The summed E-state index contributed by atoms with van der Waals surface area (Å²) in [6.45, 7) is 1.48. The quantitative estimate of drug-likeness (QED) is 0.117.